The van der Waals surface area contributed by atoms with E-state index in [9.17, 15) is 0 Å². The van der Waals surface area contributed by atoms with E-state index >= 15 is 0 Å². The standard InChI is InChI=1S/C11H18N2OS/c1-8(2)11-12-9(3)7-10(13-11)15-6-4-5-14/h7-8,14H,4-6H2,1-3H3. The maximum atomic E-state index is 8.70. The summed E-state index contributed by atoms with van der Waals surface area (Å²) in [7, 11) is 0. The normalized spacial score (nSPS) is 11.0. The van der Waals surface area contributed by atoms with Gasteiger partial charge in [0.25, 0.3) is 0 Å². The van der Waals surface area contributed by atoms with Gasteiger partial charge in [0.15, 0.2) is 0 Å². The Morgan fingerprint density at radius 3 is 2.73 bits per heavy atom. The molecule has 1 aromatic heterocycles. The molecule has 0 atom stereocenters. The summed E-state index contributed by atoms with van der Waals surface area (Å²) in [5, 5.41) is 9.71. The Hall–Kier alpha value is -0.610. The molecule has 0 amide bonds. The maximum Gasteiger partial charge on any atom is 0.132 e. The zero-order chi connectivity index (χ0) is 11.3. The van der Waals surface area contributed by atoms with Crippen molar-refractivity contribution >= 4 is 11.8 Å². The van der Waals surface area contributed by atoms with Crippen LogP contribution in [0.15, 0.2) is 11.1 Å². The second-order valence-electron chi connectivity index (χ2n) is 3.79. The van der Waals surface area contributed by atoms with E-state index in [1.54, 1.807) is 11.8 Å². The summed E-state index contributed by atoms with van der Waals surface area (Å²) in [6, 6.07) is 1.99. The molecule has 15 heavy (non-hydrogen) atoms. The van der Waals surface area contributed by atoms with E-state index in [0.29, 0.717) is 5.92 Å². The number of rotatable bonds is 5. The molecule has 0 unspecified atom stereocenters. The van der Waals surface area contributed by atoms with Crippen LogP contribution in [0.3, 0.4) is 0 Å². The molecule has 84 valence electrons. The monoisotopic (exact) mass is 226 g/mol. The molecule has 1 rings (SSSR count). The molecule has 1 aromatic rings. The van der Waals surface area contributed by atoms with Crippen molar-refractivity contribution in [2.75, 3.05) is 12.4 Å². The summed E-state index contributed by atoms with van der Waals surface area (Å²) in [6.45, 7) is 6.42. The molecule has 0 spiro atoms. The molecule has 3 nitrogen and oxygen atoms in total. The van der Waals surface area contributed by atoms with E-state index in [-0.39, 0.29) is 6.61 Å². The van der Waals surface area contributed by atoms with Crippen molar-refractivity contribution < 1.29 is 5.11 Å². The highest BCUT2D eigenvalue weighted by molar-refractivity contribution is 7.99. The summed E-state index contributed by atoms with van der Waals surface area (Å²) in [5.74, 6) is 2.17. The largest absolute Gasteiger partial charge is 0.396 e. The van der Waals surface area contributed by atoms with E-state index < -0.39 is 0 Å². The Kier molecular flexibility index (Phi) is 5.05. The predicted molar refractivity (Wildman–Crippen MR) is 63.3 cm³/mol. The minimum absolute atomic E-state index is 0.244. The third kappa shape index (κ3) is 4.18. The Bertz CT molecular complexity index is 315. The fourth-order valence-electron chi connectivity index (χ4n) is 1.14. The Morgan fingerprint density at radius 2 is 2.13 bits per heavy atom. The Morgan fingerprint density at radius 1 is 1.40 bits per heavy atom. The molecule has 1 N–H and O–H groups in total. The molecule has 0 saturated carbocycles. The van der Waals surface area contributed by atoms with Gasteiger partial charge in [0, 0.05) is 24.0 Å². The lowest BCUT2D eigenvalue weighted by molar-refractivity contribution is 0.296. The summed E-state index contributed by atoms with van der Waals surface area (Å²) < 4.78 is 0. The van der Waals surface area contributed by atoms with Gasteiger partial charge in [-0.25, -0.2) is 9.97 Å². The van der Waals surface area contributed by atoms with Gasteiger partial charge >= 0.3 is 0 Å². The first kappa shape index (κ1) is 12.5. The minimum Gasteiger partial charge on any atom is -0.396 e. The van der Waals surface area contributed by atoms with Gasteiger partial charge in [-0.2, -0.15) is 0 Å². The number of aryl methyl sites for hydroxylation is 1. The summed E-state index contributed by atoms with van der Waals surface area (Å²) in [4.78, 5) is 8.86. The van der Waals surface area contributed by atoms with Crippen LogP contribution in [0, 0.1) is 6.92 Å². The molecule has 0 fully saturated rings. The van der Waals surface area contributed by atoms with Crippen molar-refractivity contribution in [3.8, 4) is 0 Å². The quantitative estimate of drug-likeness (QED) is 0.476. The van der Waals surface area contributed by atoms with Crippen LogP contribution >= 0.6 is 11.8 Å². The predicted octanol–water partition coefficient (Wildman–Crippen LogP) is 2.38. The molecule has 0 aliphatic rings. The van der Waals surface area contributed by atoms with Crippen LogP contribution < -0.4 is 0 Å². The molecule has 0 aliphatic heterocycles. The first-order chi connectivity index (χ1) is 7.13. The van der Waals surface area contributed by atoms with Gasteiger partial charge in [0.1, 0.15) is 5.82 Å². The molecule has 0 saturated heterocycles. The molecule has 0 radical (unpaired) electrons. The van der Waals surface area contributed by atoms with Gasteiger partial charge in [-0.1, -0.05) is 13.8 Å². The number of hydrogen-bond acceptors (Lipinski definition) is 4. The van der Waals surface area contributed by atoms with Gasteiger partial charge in [0.2, 0.25) is 0 Å². The topological polar surface area (TPSA) is 46.0 Å². The zero-order valence-corrected chi connectivity index (χ0v) is 10.3. The lowest BCUT2D eigenvalue weighted by Gasteiger charge is -2.07. The highest BCUT2D eigenvalue weighted by atomic mass is 32.2. The molecule has 0 bridgehead atoms. The van der Waals surface area contributed by atoms with Crippen molar-refractivity contribution in [3.63, 3.8) is 0 Å². The smallest absolute Gasteiger partial charge is 0.132 e. The molecule has 4 heteroatoms. The van der Waals surface area contributed by atoms with E-state index in [4.69, 9.17) is 5.11 Å². The lowest BCUT2D eigenvalue weighted by atomic mass is 10.2. The van der Waals surface area contributed by atoms with E-state index in [2.05, 4.69) is 23.8 Å². The second kappa shape index (κ2) is 6.08. The van der Waals surface area contributed by atoms with Crippen LogP contribution in [-0.2, 0) is 0 Å². The van der Waals surface area contributed by atoms with Crippen LogP contribution in [0.5, 0.6) is 0 Å². The lowest BCUT2D eigenvalue weighted by Crippen LogP contribution is -2.00. The van der Waals surface area contributed by atoms with Crippen molar-refractivity contribution in [1.29, 1.82) is 0 Å². The van der Waals surface area contributed by atoms with Gasteiger partial charge in [0.05, 0.1) is 5.03 Å². The van der Waals surface area contributed by atoms with Crippen molar-refractivity contribution in [3.05, 3.63) is 17.6 Å². The number of hydrogen-bond donors (Lipinski definition) is 1. The number of thioether (sulfide) groups is 1. The first-order valence-corrected chi connectivity index (χ1v) is 6.21. The van der Waals surface area contributed by atoms with Gasteiger partial charge < -0.3 is 5.11 Å². The van der Waals surface area contributed by atoms with Crippen LogP contribution in [0.1, 0.15) is 37.7 Å². The number of aliphatic hydroxyl groups excluding tert-OH is 1. The average molecular weight is 226 g/mol. The second-order valence-corrected chi connectivity index (χ2v) is 4.90. The summed E-state index contributed by atoms with van der Waals surface area (Å²) in [5.41, 5.74) is 1.01. The Balaban J connectivity index is 2.71. The third-order valence-corrected chi connectivity index (χ3v) is 2.91. The number of aliphatic hydroxyl groups is 1. The SMILES string of the molecule is Cc1cc(SCCCO)nc(C(C)C)n1. The highest BCUT2D eigenvalue weighted by Gasteiger charge is 2.06. The highest BCUT2D eigenvalue weighted by Crippen LogP contribution is 2.19. The van der Waals surface area contributed by atoms with Gasteiger partial charge in [-0.15, -0.1) is 11.8 Å². The van der Waals surface area contributed by atoms with Crippen molar-refractivity contribution in [2.45, 2.75) is 38.1 Å². The average Bonchev–Trinajstić information content (AvgIpc) is 2.17. The fourth-order valence-corrected chi connectivity index (χ4v) is 2.03. The first-order valence-electron chi connectivity index (χ1n) is 5.22. The summed E-state index contributed by atoms with van der Waals surface area (Å²) in [6.07, 6.45) is 0.810. The minimum atomic E-state index is 0.244. The van der Waals surface area contributed by atoms with Crippen LogP contribution in [0.2, 0.25) is 0 Å². The molecular formula is C11H18N2OS. The number of aromatic nitrogens is 2. The van der Waals surface area contributed by atoms with Crippen LogP contribution in [-0.4, -0.2) is 27.4 Å². The molecular weight excluding hydrogens is 208 g/mol. The molecule has 0 aromatic carbocycles. The van der Waals surface area contributed by atoms with Crippen molar-refractivity contribution in [2.24, 2.45) is 0 Å². The van der Waals surface area contributed by atoms with Gasteiger partial charge in [-0.05, 0) is 19.4 Å². The molecule has 0 aliphatic carbocycles. The van der Waals surface area contributed by atoms with E-state index in [1.165, 1.54) is 0 Å². The van der Waals surface area contributed by atoms with E-state index in [1.807, 2.05) is 13.0 Å². The zero-order valence-electron chi connectivity index (χ0n) is 9.53. The van der Waals surface area contributed by atoms with Gasteiger partial charge in [-0.3, -0.25) is 0 Å². The Labute approximate surface area is 95.3 Å². The maximum absolute atomic E-state index is 8.70. The molecule has 1 heterocycles. The number of nitrogens with zero attached hydrogens (tertiary/aromatic N) is 2. The van der Waals surface area contributed by atoms with E-state index in [0.717, 1.165) is 28.7 Å². The third-order valence-electron chi connectivity index (χ3n) is 1.92. The van der Waals surface area contributed by atoms with Crippen LogP contribution in [0.25, 0.3) is 0 Å². The van der Waals surface area contributed by atoms with Crippen molar-refractivity contribution in [1.82, 2.24) is 9.97 Å². The summed E-state index contributed by atoms with van der Waals surface area (Å²) >= 11 is 1.68. The fraction of sp³-hybridized carbons (Fsp3) is 0.636. The van der Waals surface area contributed by atoms with Crippen LogP contribution in [0.4, 0.5) is 0 Å².